The second-order valence-corrected chi connectivity index (χ2v) is 7.55. The van der Waals surface area contributed by atoms with Gasteiger partial charge in [0.25, 0.3) is 11.8 Å². The Morgan fingerprint density at radius 3 is 2.82 bits per heavy atom. The number of anilines is 2. The second kappa shape index (κ2) is 7.36. The van der Waals surface area contributed by atoms with Crippen LogP contribution in [0.15, 0.2) is 36.4 Å². The molecular weight excluding hydrogens is 378 g/mol. The average Bonchev–Trinajstić information content (AvgIpc) is 2.72. The van der Waals surface area contributed by atoms with Crippen LogP contribution in [-0.4, -0.2) is 43.6 Å². The molecule has 28 heavy (non-hydrogen) atoms. The zero-order chi connectivity index (χ0) is 19.8. The third-order valence-electron chi connectivity index (χ3n) is 5.46. The number of carbonyl (C=O) groups is 2. The number of piperidine rings is 1. The highest BCUT2D eigenvalue weighted by molar-refractivity contribution is 6.31. The fourth-order valence-corrected chi connectivity index (χ4v) is 4.16. The molecule has 1 fully saturated rings. The minimum absolute atomic E-state index is 0.0428. The van der Waals surface area contributed by atoms with E-state index in [1.807, 2.05) is 11.9 Å². The predicted octanol–water partition coefficient (Wildman–Crippen LogP) is 4.00. The Morgan fingerprint density at radius 2 is 2.04 bits per heavy atom. The van der Waals surface area contributed by atoms with E-state index in [-0.39, 0.29) is 18.0 Å². The molecule has 2 aromatic carbocycles. The first-order valence-electron chi connectivity index (χ1n) is 9.32. The maximum absolute atomic E-state index is 12.9. The lowest BCUT2D eigenvalue weighted by Gasteiger charge is -2.46. The van der Waals surface area contributed by atoms with E-state index in [1.54, 1.807) is 36.4 Å². The summed E-state index contributed by atoms with van der Waals surface area (Å²) in [6, 6.07) is 10.3. The fourth-order valence-electron chi connectivity index (χ4n) is 3.99. The summed E-state index contributed by atoms with van der Waals surface area (Å²) in [5, 5.41) is 3.35. The van der Waals surface area contributed by atoms with Gasteiger partial charge in [0.05, 0.1) is 24.0 Å². The van der Waals surface area contributed by atoms with Crippen molar-refractivity contribution in [3.05, 3.63) is 52.5 Å². The SMILES string of the molecule is COc1ccc(Cl)cc1NC(=O)c1ccc2c(c1)N(C)[C@@H]1CCCCN1C2=O. The molecule has 1 N–H and O–H groups in total. The molecule has 0 unspecified atom stereocenters. The van der Waals surface area contributed by atoms with Gasteiger partial charge in [0.15, 0.2) is 0 Å². The van der Waals surface area contributed by atoms with Gasteiger partial charge in [0, 0.05) is 24.2 Å². The van der Waals surface area contributed by atoms with Gasteiger partial charge in [-0.1, -0.05) is 11.6 Å². The van der Waals surface area contributed by atoms with Crippen LogP contribution in [0, 0.1) is 0 Å². The Balaban J connectivity index is 1.64. The molecule has 146 valence electrons. The molecule has 7 heteroatoms. The number of hydrogen-bond acceptors (Lipinski definition) is 4. The lowest BCUT2D eigenvalue weighted by atomic mass is 9.97. The van der Waals surface area contributed by atoms with Crippen LogP contribution < -0.4 is 15.0 Å². The monoisotopic (exact) mass is 399 g/mol. The molecule has 6 nitrogen and oxygen atoms in total. The summed E-state index contributed by atoms with van der Waals surface area (Å²) in [5.41, 5.74) is 2.40. The van der Waals surface area contributed by atoms with Gasteiger partial charge in [-0.05, 0) is 55.7 Å². The van der Waals surface area contributed by atoms with Gasteiger partial charge < -0.3 is 19.9 Å². The maximum Gasteiger partial charge on any atom is 0.257 e. The van der Waals surface area contributed by atoms with Crippen LogP contribution in [0.4, 0.5) is 11.4 Å². The van der Waals surface area contributed by atoms with E-state index in [0.29, 0.717) is 27.6 Å². The van der Waals surface area contributed by atoms with E-state index in [9.17, 15) is 9.59 Å². The smallest absolute Gasteiger partial charge is 0.257 e. The summed E-state index contributed by atoms with van der Waals surface area (Å²) in [6.07, 6.45) is 3.13. The molecule has 2 aliphatic heterocycles. The predicted molar refractivity (Wildman–Crippen MR) is 109 cm³/mol. The summed E-state index contributed by atoms with van der Waals surface area (Å²) in [6.45, 7) is 0.782. The topological polar surface area (TPSA) is 61.9 Å². The van der Waals surface area contributed by atoms with Gasteiger partial charge in [-0.15, -0.1) is 0 Å². The highest BCUT2D eigenvalue weighted by Gasteiger charge is 2.37. The number of methoxy groups -OCH3 is 1. The number of hydrogen-bond donors (Lipinski definition) is 1. The van der Waals surface area contributed by atoms with Crippen LogP contribution >= 0.6 is 11.6 Å². The number of halogens is 1. The van der Waals surface area contributed by atoms with Crippen molar-refractivity contribution in [2.24, 2.45) is 0 Å². The van der Waals surface area contributed by atoms with Gasteiger partial charge in [0.1, 0.15) is 11.9 Å². The Hall–Kier alpha value is -2.73. The molecule has 2 amide bonds. The van der Waals surface area contributed by atoms with Crippen molar-refractivity contribution in [2.45, 2.75) is 25.4 Å². The van der Waals surface area contributed by atoms with E-state index in [1.165, 1.54) is 7.11 Å². The lowest BCUT2D eigenvalue weighted by Crippen LogP contribution is -2.55. The molecule has 2 aromatic rings. The van der Waals surface area contributed by atoms with Crippen LogP contribution in [0.5, 0.6) is 5.75 Å². The maximum atomic E-state index is 12.9. The summed E-state index contributed by atoms with van der Waals surface area (Å²) < 4.78 is 5.29. The second-order valence-electron chi connectivity index (χ2n) is 7.12. The quantitative estimate of drug-likeness (QED) is 0.847. The molecule has 2 aliphatic rings. The minimum Gasteiger partial charge on any atom is -0.495 e. The number of nitrogens with one attached hydrogen (secondary N) is 1. The van der Waals surface area contributed by atoms with Gasteiger partial charge in [-0.2, -0.15) is 0 Å². The fraction of sp³-hybridized carbons (Fsp3) is 0.333. The Bertz CT molecular complexity index is 946. The Morgan fingerprint density at radius 1 is 1.21 bits per heavy atom. The molecule has 4 rings (SSSR count). The van der Waals surface area contributed by atoms with Crippen LogP contribution in [0.1, 0.15) is 40.0 Å². The third kappa shape index (κ3) is 3.18. The summed E-state index contributed by atoms with van der Waals surface area (Å²) in [7, 11) is 3.52. The van der Waals surface area contributed by atoms with Crippen LogP contribution in [0.25, 0.3) is 0 Å². The van der Waals surface area contributed by atoms with Crippen molar-refractivity contribution >= 4 is 34.8 Å². The number of carbonyl (C=O) groups excluding carboxylic acids is 2. The van der Waals surface area contributed by atoms with Crippen molar-refractivity contribution in [1.82, 2.24) is 4.90 Å². The van der Waals surface area contributed by atoms with Gasteiger partial charge in [0.2, 0.25) is 0 Å². The Kier molecular flexibility index (Phi) is 4.89. The molecular formula is C21H22ClN3O3. The van der Waals surface area contributed by atoms with Crippen molar-refractivity contribution in [3.8, 4) is 5.75 Å². The normalized spacial score (nSPS) is 18.4. The summed E-state index contributed by atoms with van der Waals surface area (Å²) in [5.74, 6) is 0.289. The highest BCUT2D eigenvalue weighted by Crippen LogP contribution is 2.35. The van der Waals surface area contributed by atoms with Crippen molar-refractivity contribution < 1.29 is 14.3 Å². The van der Waals surface area contributed by atoms with Crippen LogP contribution in [-0.2, 0) is 0 Å². The molecule has 0 aromatic heterocycles. The van der Waals surface area contributed by atoms with Crippen molar-refractivity contribution in [2.75, 3.05) is 30.9 Å². The average molecular weight is 400 g/mol. The number of rotatable bonds is 3. The van der Waals surface area contributed by atoms with Crippen molar-refractivity contribution in [3.63, 3.8) is 0 Å². The van der Waals surface area contributed by atoms with Gasteiger partial charge >= 0.3 is 0 Å². The molecule has 0 spiro atoms. The van der Waals surface area contributed by atoms with E-state index >= 15 is 0 Å². The standard InChI is InChI=1S/C21H22ClN3O3/c1-24-17-11-13(20(26)23-16-12-14(22)7-9-18(16)28-2)6-8-15(17)21(27)25-10-4-3-5-19(24)25/h6-9,11-12,19H,3-5,10H2,1-2H3,(H,23,26)/t19-/m0/s1. The number of amides is 2. The largest absolute Gasteiger partial charge is 0.495 e. The van der Waals surface area contributed by atoms with Crippen LogP contribution in [0.3, 0.4) is 0 Å². The highest BCUT2D eigenvalue weighted by atomic mass is 35.5. The molecule has 0 aliphatic carbocycles. The number of ether oxygens (including phenoxy) is 1. The molecule has 0 radical (unpaired) electrons. The zero-order valence-electron chi connectivity index (χ0n) is 15.9. The van der Waals surface area contributed by atoms with E-state index < -0.39 is 0 Å². The third-order valence-corrected chi connectivity index (χ3v) is 5.69. The first kappa shape index (κ1) is 18.6. The van der Waals surface area contributed by atoms with Crippen molar-refractivity contribution in [1.29, 1.82) is 0 Å². The number of fused-ring (bicyclic) bond motifs is 2. The Labute approximate surface area is 169 Å². The number of benzene rings is 2. The minimum atomic E-state index is -0.282. The van der Waals surface area contributed by atoms with E-state index in [2.05, 4.69) is 10.2 Å². The van der Waals surface area contributed by atoms with Gasteiger partial charge in [-0.25, -0.2) is 0 Å². The molecule has 0 saturated carbocycles. The van der Waals surface area contributed by atoms with E-state index in [0.717, 1.165) is 31.5 Å². The zero-order valence-corrected chi connectivity index (χ0v) is 16.6. The summed E-state index contributed by atoms with van der Waals surface area (Å²) >= 11 is 6.04. The first-order valence-corrected chi connectivity index (χ1v) is 9.70. The summed E-state index contributed by atoms with van der Waals surface area (Å²) in [4.78, 5) is 29.7. The lowest BCUT2D eigenvalue weighted by molar-refractivity contribution is 0.0589. The molecule has 1 saturated heterocycles. The first-order chi connectivity index (χ1) is 13.5. The van der Waals surface area contributed by atoms with E-state index in [4.69, 9.17) is 16.3 Å². The van der Waals surface area contributed by atoms with Crippen LogP contribution in [0.2, 0.25) is 5.02 Å². The molecule has 1 atom stereocenters. The molecule has 2 heterocycles. The number of nitrogens with zero attached hydrogens (tertiary/aromatic N) is 2. The molecule has 0 bridgehead atoms. The van der Waals surface area contributed by atoms with Gasteiger partial charge in [-0.3, -0.25) is 9.59 Å².